The normalized spacial score (nSPS) is 36.9. The van der Waals surface area contributed by atoms with Crippen molar-refractivity contribution in [3.8, 4) is 0 Å². The Morgan fingerprint density at radius 1 is 0.343 bits per heavy atom. The summed E-state index contributed by atoms with van der Waals surface area (Å²) in [5, 5.41) is 34.4. The highest BCUT2D eigenvalue weighted by atomic mass is 16.7. The van der Waals surface area contributed by atoms with E-state index in [4.69, 9.17) is 85.3 Å². The number of hydrogen-bond acceptors (Lipinski definition) is 21. The third-order valence-electron chi connectivity index (χ3n) is 23.1. The van der Waals surface area contributed by atoms with Crippen molar-refractivity contribution in [1.82, 2.24) is 0 Å². The molecule has 0 aromatic heterocycles. The van der Waals surface area contributed by atoms with E-state index < -0.39 is 110 Å². The molecule has 3 aliphatic carbocycles. The van der Waals surface area contributed by atoms with Crippen molar-refractivity contribution >= 4 is 0 Å². The van der Waals surface area contributed by atoms with Gasteiger partial charge >= 0.3 is 0 Å². The van der Waals surface area contributed by atoms with E-state index >= 15 is 0 Å². The number of methoxy groups -OCH3 is 11. The number of rotatable bonds is 45. The molecule has 0 aromatic carbocycles. The quantitative estimate of drug-likeness (QED) is 0.0380. The maximum atomic E-state index is 11.6. The average molecular weight is 1410 g/mol. The molecule has 3 saturated heterocycles. The summed E-state index contributed by atoms with van der Waals surface area (Å²) in [5.74, 6) is 2.77. The van der Waals surface area contributed by atoms with Crippen molar-refractivity contribution in [2.75, 3.05) is 105 Å². The number of aliphatic hydroxyl groups excluding tert-OH is 3. The van der Waals surface area contributed by atoms with Gasteiger partial charge in [-0.3, -0.25) is 0 Å². The van der Waals surface area contributed by atoms with Crippen LogP contribution in [0.4, 0.5) is 0 Å². The Morgan fingerprint density at radius 3 is 0.879 bits per heavy atom. The highest BCUT2D eigenvalue weighted by Gasteiger charge is 2.54. The number of allylic oxidation sites excluding steroid dienone is 6. The second kappa shape index (κ2) is 42.1. The first-order valence-corrected chi connectivity index (χ1v) is 36.9. The molecule has 21 heteroatoms. The molecule has 0 amide bonds. The molecule has 3 unspecified atom stereocenters. The van der Waals surface area contributed by atoms with Crippen LogP contribution in [-0.2, 0) is 85.3 Å². The van der Waals surface area contributed by atoms with Crippen LogP contribution < -0.4 is 0 Å². The van der Waals surface area contributed by atoms with Crippen LogP contribution in [0.3, 0.4) is 0 Å². The van der Waals surface area contributed by atoms with Gasteiger partial charge in [0.25, 0.3) is 0 Å². The Kier molecular flexibility index (Phi) is 36.3. The standard InChI is InChI=1S/C78H134O21/c1-24-58(82-13)49(10)52-40-55(52)61(79)43(4)30-27-33-46(7)64-67(85-16)68(86-17)74(90-21)77(98-64)95-38-37-94-72-66(48(9)35-29-32-45(6)63(81)57-42-54(57)51(12)60(26-3)84-15)99-78(75(91-22)70(72)88-19)96-39-36-93-71-65(97-76(92-23)73(89-20)69(71)87-18)47(8)34-28-31-44(5)62(80)56-41-53(56)50(11)59(25-2)83-14/h27-35,43-45,49-81H,24-26,36-42H2,1-23H3/b30-27+,31-28+,32-29+,46-33+,47-34+,48-35+/t43-,44-,45-,49-,50-,51-,52+,53+,54+,55?,56?,57?,58-,59-,60-,61+,62+,63+,64-,65-,66-,67+,68-,69-,70-,71+,72+,73-,74+,75+,76-,77-,78+/m0/s1. The zero-order valence-corrected chi connectivity index (χ0v) is 64.5. The first kappa shape index (κ1) is 85.5. The summed E-state index contributed by atoms with van der Waals surface area (Å²) in [6, 6.07) is 0. The lowest BCUT2D eigenvalue weighted by molar-refractivity contribution is -0.318. The summed E-state index contributed by atoms with van der Waals surface area (Å²) in [7, 11) is 18.2. The van der Waals surface area contributed by atoms with E-state index in [1.807, 2.05) is 82.4 Å². The molecule has 3 N–H and O–H groups in total. The van der Waals surface area contributed by atoms with Gasteiger partial charge in [0.05, 0.1) is 63.1 Å². The Morgan fingerprint density at radius 2 is 0.606 bits per heavy atom. The van der Waals surface area contributed by atoms with Gasteiger partial charge in [0.2, 0.25) is 0 Å². The van der Waals surface area contributed by atoms with Crippen LogP contribution in [0.5, 0.6) is 0 Å². The Labute approximate surface area is 595 Å². The summed E-state index contributed by atoms with van der Waals surface area (Å²) in [4.78, 5) is 0. The molecule has 99 heavy (non-hydrogen) atoms. The number of aliphatic hydroxyl groups is 3. The van der Waals surface area contributed by atoms with Gasteiger partial charge in [-0.1, -0.05) is 117 Å². The summed E-state index contributed by atoms with van der Waals surface area (Å²) >= 11 is 0. The molecule has 33 atom stereocenters. The molecule has 0 aromatic rings. The van der Waals surface area contributed by atoms with Gasteiger partial charge in [0, 0.05) is 96.0 Å². The molecule has 3 aliphatic heterocycles. The highest BCUT2D eigenvalue weighted by molar-refractivity contribution is 5.22. The van der Waals surface area contributed by atoms with E-state index in [-0.39, 0.29) is 80.2 Å². The van der Waals surface area contributed by atoms with Gasteiger partial charge in [0.1, 0.15) is 73.2 Å². The van der Waals surface area contributed by atoms with Crippen molar-refractivity contribution in [2.45, 2.75) is 250 Å². The fourth-order valence-corrected chi connectivity index (χ4v) is 16.6. The third kappa shape index (κ3) is 21.9. The molecule has 572 valence electrons. The molecule has 0 radical (unpaired) electrons. The summed E-state index contributed by atoms with van der Waals surface area (Å²) in [6.07, 6.45) is 12.5. The minimum atomic E-state index is -0.957. The van der Waals surface area contributed by atoms with Crippen molar-refractivity contribution in [1.29, 1.82) is 0 Å². The fourth-order valence-electron chi connectivity index (χ4n) is 16.6. The maximum Gasteiger partial charge on any atom is 0.187 e. The van der Waals surface area contributed by atoms with Gasteiger partial charge in [0.15, 0.2) is 18.9 Å². The fraction of sp³-hybridized carbons (Fsp3) is 0.846. The first-order valence-electron chi connectivity index (χ1n) is 36.9. The van der Waals surface area contributed by atoms with E-state index in [9.17, 15) is 15.3 Å². The molecule has 0 bridgehead atoms. The van der Waals surface area contributed by atoms with E-state index in [1.165, 1.54) is 0 Å². The van der Waals surface area contributed by atoms with Crippen molar-refractivity contribution in [2.24, 2.45) is 71.0 Å². The minimum Gasteiger partial charge on any atom is -0.392 e. The van der Waals surface area contributed by atoms with Gasteiger partial charge in [-0.05, 0) is 129 Å². The molecular formula is C78H134O21. The van der Waals surface area contributed by atoms with E-state index in [0.717, 1.165) is 55.2 Å². The minimum absolute atomic E-state index is 0.0664. The average Bonchev–Trinajstić information content (AvgIpc) is 1.76. The van der Waals surface area contributed by atoms with Gasteiger partial charge in [-0.15, -0.1) is 0 Å². The molecule has 6 rings (SSSR count). The first-order chi connectivity index (χ1) is 47.5. The molecule has 3 heterocycles. The summed E-state index contributed by atoms with van der Waals surface area (Å²) < 4.78 is 113. The van der Waals surface area contributed by atoms with Crippen molar-refractivity contribution in [3.05, 3.63) is 71.4 Å². The summed E-state index contributed by atoms with van der Waals surface area (Å²) in [5.41, 5.74) is 2.56. The summed E-state index contributed by atoms with van der Waals surface area (Å²) in [6.45, 7) is 25.6. The molecule has 6 fully saturated rings. The SMILES string of the molecule is CC[C@H](OC)[C@@H](C)[C@H]1CC1[C@H](O)[C@@H](C)/C=C/C=C(\C)[C@@H]1O[C@H](OC)[C@@H](OC)[C@@H](OC)[C@@H]1OCCO[C@@H]1O[C@@H](/C(C)=C/C=C/[C@H](C)[C@@H](O)C2C[C@@H]2[C@H](C)[C@H](CC)OC)[C@@H](OCCO[C@H]2O[C@@H](/C(C)=C/C=C/[C@H](C)[C@@H](O)C3C[C@@H]3[C@H](C)[C@H](CC)OC)[C@@H](OC)[C@H](OC)[C@H]2OC)[C@H](OC)[C@H]1OC. The van der Waals surface area contributed by atoms with Crippen LogP contribution in [0.25, 0.3) is 0 Å². The van der Waals surface area contributed by atoms with Crippen LogP contribution in [0.1, 0.15) is 122 Å². The zero-order valence-electron chi connectivity index (χ0n) is 64.5. The van der Waals surface area contributed by atoms with Gasteiger partial charge in [-0.25, -0.2) is 0 Å². The second-order valence-corrected chi connectivity index (χ2v) is 29.1. The second-order valence-electron chi connectivity index (χ2n) is 29.1. The Hall–Kier alpha value is -2.40. The highest BCUT2D eigenvalue weighted by Crippen LogP contribution is 2.52. The van der Waals surface area contributed by atoms with E-state index in [2.05, 4.69) is 55.4 Å². The number of ether oxygens (including phenoxy) is 18. The van der Waals surface area contributed by atoms with Crippen molar-refractivity contribution in [3.63, 3.8) is 0 Å². The van der Waals surface area contributed by atoms with E-state index in [1.54, 1.807) is 78.2 Å². The van der Waals surface area contributed by atoms with Gasteiger partial charge < -0.3 is 101 Å². The predicted octanol–water partition coefficient (Wildman–Crippen LogP) is 10.3. The largest absolute Gasteiger partial charge is 0.392 e. The smallest absolute Gasteiger partial charge is 0.187 e. The van der Waals surface area contributed by atoms with Crippen LogP contribution in [0.2, 0.25) is 0 Å². The predicted molar refractivity (Wildman–Crippen MR) is 380 cm³/mol. The zero-order chi connectivity index (χ0) is 72.9. The molecular weight excluding hydrogens is 1270 g/mol. The van der Waals surface area contributed by atoms with E-state index in [0.29, 0.717) is 35.5 Å². The maximum absolute atomic E-state index is 11.6. The van der Waals surface area contributed by atoms with Crippen LogP contribution in [0, 0.1) is 71.0 Å². The van der Waals surface area contributed by atoms with Crippen LogP contribution in [-0.4, -0.2) is 249 Å². The molecule has 6 aliphatic rings. The third-order valence-corrected chi connectivity index (χ3v) is 23.1. The monoisotopic (exact) mass is 1410 g/mol. The lowest BCUT2D eigenvalue weighted by atomic mass is 9.91. The lowest BCUT2D eigenvalue weighted by Crippen LogP contribution is -2.61. The Balaban J connectivity index is 1.17. The van der Waals surface area contributed by atoms with Crippen LogP contribution >= 0.6 is 0 Å². The van der Waals surface area contributed by atoms with Crippen molar-refractivity contribution < 1.29 is 101 Å². The topological polar surface area (TPSA) is 227 Å². The lowest BCUT2D eigenvalue weighted by Gasteiger charge is -2.46. The molecule has 0 spiro atoms. The van der Waals surface area contributed by atoms with Crippen LogP contribution in [0.15, 0.2) is 71.4 Å². The molecule has 21 nitrogen and oxygen atoms in total. The Bertz CT molecular complexity index is 2480. The number of hydrogen-bond donors (Lipinski definition) is 3. The van der Waals surface area contributed by atoms with Gasteiger partial charge in [-0.2, -0.15) is 0 Å². The molecule has 3 saturated carbocycles.